The first-order valence-electron chi connectivity index (χ1n) is 6.07. The van der Waals surface area contributed by atoms with Gasteiger partial charge >= 0.3 is 0 Å². The fraction of sp³-hybridized carbons (Fsp3) is 0.143. The number of aromatic amines is 1. The molecular weight excluding hydrogens is 340 g/mol. The van der Waals surface area contributed by atoms with Gasteiger partial charge in [0, 0.05) is 31.4 Å². The quantitative estimate of drug-likeness (QED) is 0.559. The van der Waals surface area contributed by atoms with E-state index in [9.17, 15) is 10.1 Å². The van der Waals surface area contributed by atoms with Crippen LogP contribution in [0.2, 0.25) is 0 Å². The molecule has 3 rings (SSSR count). The molecule has 0 saturated heterocycles. The Kier molecular flexibility index (Phi) is 3.58. The maximum absolute atomic E-state index is 11.0. The topological polar surface area (TPSA) is 58.9 Å². The summed E-state index contributed by atoms with van der Waals surface area (Å²) in [7, 11) is 0. The van der Waals surface area contributed by atoms with Gasteiger partial charge in [-0.1, -0.05) is 22.0 Å². The molecule has 2 heterocycles. The van der Waals surface area contributed by atoms with Gasteiger partial charge in [-0.2, -0.15) is 0 Å². The van der Waals surface area contributed by atoms with E-state index in [1.54, 1.807) is 11.3 Å². The number of fused-ring (bicyclic) bond motifs is 1. The summed E-state index contributed by atoms with van der Waals surface area (Å²) in [5.74, 6) is -0.215. The predicted octanol–water partition coefficient (Wildman–Crippen LogP) is 4.40. The zero-order chi connectivity index (χ0) is 14.1. The minimum absolute atomic E-state index is 0.0972. The summed E-state index contributed by atoms with van der Waals surface area (Å²) in [6, 6.07) is 9.81. The SMILES string of the molecule is O=[N+]([O-])C[C@H](c1cccs1)c1c[nH]c2ccc(Br)cc12. The summed E-state index contributed by atoms with van der Waals surface area (Å²) in [5.41, 5.74) is 1.97. The number of rotatable bonds is 4. The molecule has 0 radical (unpaired) electrons. The molecule has 0 bridgehead atoms. The van der Waals surface area contributed by atoms with E-state index in [1.165, 1.54) is 0 Å². The first-order valence-corrected chi connectivity index (χ1v) is 7.74. The zero-order valence-electron chi connectivity index (χ0n) is 10.4. The Morgan fingerprint density at radius 2 is 2.25 bits per heavy atom. The maximum Gasteiger partial charge on any atom is 0.215 e. The second kappa shape index (κ2) is 5.38. The first kappa shape index (κ1) is 13.3. The van der Waals surface area contributed by atoms with Gasteiger partial charge in [0.1, 0.15) is 0 Å². The molecule has 4 nitrogen and oxygen atoms in total. The minimum atomic E-state index is -0.249. The summed E-state index contributed by atoms with van der Waals surface area (Å²) in [6.45, 7) is -0.0972. The van der Waals surface area contributed by atoms with Gasteiger partial charge in [-0.3, -0.25) is 10.1 Å². The summed E-state index contributed by atoms with van der Waals surface area (Å²) < 4.78 is 0.969. The lowest BCUT2D eigenvalue weighted by Crippen LogP contribution is -2.12. The molecule has 1 atom stereocenters. The molecule has 3 aromatic rings. The van der Waals surface area contributed by atoms with E-state index in [0.29, 0.717) is 0 Å². The van der Waals surface area contributed by atoms with Crippen LogP contribution in [0.15, 0.2) is 46.4 Å². The fourth-order valence-corrected chi connectivity index (χ4v) is 3.58. The highest BCUT2D eigenvalue weighted by molar-refractivity contribution is 9.10. The highest BCUT2D eigenvalue weighted by Crippen LogP contribution is 2.34. The lowest BCUT2D eigenvalue weighted by Gasteiger charge is -2.10. The van der Waals surface area contributed by atoms with Crippen LogP contribution in [0.4, 0.5) is 0 Å². The van der Waals surface area contributed by atoms with Crippen LogP contribution in [-0.2, 0) is 0 Å². The van der Waals surface area contributed by atoms with Gasteiger partial charge in [-0.15, -0.1) is 11.3 Å². The molecule has 0 aliphatic rings. The van der Waals surface area contributed by atoms with Crippen molar-refractivity contribution in [1.29, 1.82) is 0 Å². The third-order valence-corrected chi connectivity index (χ3v) is 4.75. The average molecular weight is 351 g/mol. The standard InChI is InChI=1S/C14H11BrN2O2S/c15-9-3-4-13-10(6-9)11(7-16-13)12(8-17(18)19)14-2-1-5-20-14/h1-7,12,16H,8H2/t12-/m0/s1. The molecule has 0 spiro atoms. The number of hydrogen-bond acceptors (Lipinski definition) is 3. The number of thiophene rings is 1. The van der Waals surface area contributed by atoms with Gasteiger partial charge in [0.2, 0.25) is 6.54 Å². The van der Waals surface area contributed by atoms with Crippen LogP contribution in [0, 0.1) is 10.1 Å². The molecule has 0 amide bonds. The van der Waals surface area contributed by atoms with Crippen LogP contribution in [0.5, 0.6) is 0 Å². The first-order chi connectivity index (χ1) is 9.65. The molecule has 102 valence electrons. The number of nitro groups is 1. The van der Waals surface area contributed by atoms with Gasteiger partial charge in [-0.25, -0.2) is 0 Å². The third-order valence-electron chi connectivity index (χ3n) is 3.27. The van der Waals surface area contributed by atoms with Crippen molar-refractivity contribution in [3.63, 3.8) is 0 Å². The lowest BCUT2D eigenvalue weighted by molar-refractivity contribution is -0.481. The Morgan fingerprint density at radius 3 is 2.95 bits per heavy atom. The van der Waals surface area contributed by atoms with Crippen LogP contribution in [0.1, 0.15) is 16.4 Å². The Morgan fingerprint density at radius 1 is 1.40 bits per heavy atom. The highest BCUT2D eigenvalue weighted by Gasteiger charge is 2.24. The van der Waals surface area contributed by atoms with Gasteiger partial charge in [-0.05, 0) is 35.2 Å². The van der Waals surface area contributed by atoms with E-state index in [1.807, 2.05) is 41.9 Å². The minimum Gasteiger partial charge on any atom is -0.361 e. The average Bonchev–Trinajstić information content (AvgIpc) is 3.05. The second-order valence-corrected chi connectivity index (χ2v) is 6.41. The number of benzene rings is 1. The lowest BCUT2D eigenvalue weighted by atomic mass is 9.97. The van der Waals surface area contributed by atoms with Crippen molar-refractivity contribution in [3.8, 4) is 0 Å². The molecule has 0 aliphatic carbocycles. The monoisotopic (exact) mass is 350 g/mol. The number of nitrogens with zero attached hydrogens (tertiary/aromatic N) is 1. The zero-order valence-corrected chi connectivity index (χ0v) is 12.8. The van der Waals surface area contributed by atoms with Crippen LogP contribution in [-0.4, -0.2) is 16.5 Å². The van der Waals surface area contributed by atoms with Crippen molar-refractivity contribution in [2.75, 3.05) is 6.54 Å². The number of hydrogen-bond donors (Lipinski definition) is 1. The summed E-state index contributed by atoms with van der Waals surface area (Å²) in [4.78, 5) is 15.0. The maximum atomic E-state index is 11.0. The number of H-pyrrole nitrogens is 1. The molecule has 1 aromatic carbocycles. The molecule has 6 heteroatoms. The van der Waals surface area contributed by atoms with Crippen molar-refractivity contribution >= 4 is 38.2 Å². The second-order valence-electron chi connectivity index (χ2n) is 4.52. The van der Waals surface area contributed by atoms with E-state index in [0.717, 1.165) is 25.8 Å². The fourth-order valence-electron chi connectivity index (χ4n) is 2.38. The summed E-state index contributed by atoms with van der Waals surface area (Å²) in [5, 5.41) is 14.0. The molecule has 0 fully saturated rings. The van der Waals surface area contributed by atoms with E-state index in [4.69, 9.17) is 0 Å². The van der Waals surface area contributed by atoms with Gasteiger partial charge in [0.25, 0.3) is 0 Å². The highest BCUT2D eigenvalue weighted by atomic mass is 79.9. The van der Waals surface area contributed by atoms with Crippen molar-refractivity contribution in [2.45, 2.75) is 5.92 Å². The Balaban J connectivity index is 2.13. The van der Waals surface area contributed by atoms with Crippen LogP contribution >= 0.6 is 27.3 Å². The molecule has 0 aliphatic heterocycles. The smallest absolute Gasteiger partial charge is 0.215 e. The van der Waals surface area contributed by atoms with Gasteiger partial charge < -0.3 is 4.98 Å². The van der Waals surface area contributed by atoms with E-state index >= 15 is 0 Å². The third kappa shape index (κ3) is 2.48. The van der Waals surface area contributed by atoms with E-state index < -0.39 is 0 Å². The summed E-state index contributed by atoms with van der Waals surface area (Å²) in [6.07, 6.45) is 1.88. The number of nitrogens with one attached hydrogen (secondary N) is 1. The predicted molar refractivity (Wildman–Crippen MR) is 84.0 cm³/mol. The molecular formula is C14H11BrN2O2S. The Bertz CT molecular complexity index is 752. The molecule has 0 saturated carbocycles. The normalized spacial score (nSPS) is 12.7. The van der Waals surface area contributed by atoms with Crippen LogP contribution < -0.4 is 0 Å². The van der Waals surface area contributed by atoms with Crippen LogP contribution in [0.3, 0.4) is 0 Å². The van der Waals surface area contributed by atoms with E-state index in [-0.39, 0.29) is 17.4 Å². The van der Waals surface area contributed by atoms with Crippen molar-refractivity contribution in [2.24, 2.45) is 0 Å². The number of halogens is 1. The summed E-state index contributed by atoms with van der Waals surface area (Å²) >= 11 is 5.01. The Labute approximate surface area is 127 Å². The van der Waals surface area contributed by atoms with Crippen molar-refractivity contribution in [1.82, 2.24) is 4.98 Å². The van der Waals surface area contributed by atoms with Crippen LogP contribution in [0.25, 0.3) is 10.9 Å². The molecule has 1 N–H and O–H groups in total. The Hall–Kier alpha value is -1.66. The largest absolute Gasteiger partial charge is 0.361 e. The van der Waals surface area contributed by atoms with Crippen molar-refractivity contribution < 1.29 is 4.92 Å². The van der Waals surface area contributed by atoms with Gasteiger partial charge in [0.05, 0.1) is 5.92 Å². The molecule has 20 heavy (non-hydrogen) atoms. The molecule has 2 aromatic heterocycles. The van der Waals surface area contributed by atoms with Gasteiger partial charge in [0.15, 0.2) is 0 Å². The van der Waals surface area contributed by atoms with Crippen molar-refractivity contribution in [3.05, 3.63) is 66.9 Å². The molecule has 0 unspecified atom stereocenters. The number of aromatic nitrogens is 1. The van der Waals surface area contributed by atoms with E-state index in [2.05, 4.69) is 20.9 Å².